The minimum atomic E-state index is -0.452. The molecule has 0 aliphatic rings. The Balaban J connectivity index is 1.61. The van der Waals surface area contributed by atoms with Gasteiger partial charge in [-0.2, -0.15) is 0 Å². The molecule has 0 spiro atoms. The monoisotopic (exact) mass is 410 g/mol. The Morgan fingerprint density at radius 1 is 1.04 bits per heavy atom. The van der Waals surface area contributed by atoms with Crippen molar-refractivity contribution in [3.8, 4) is 11.5 Å². The number of rotatable bonds is 9. The van der Waals surface area contributed by atoms with E-state index < -0.39 is 5.91 Å². The highest BCUT2D eigenvalue weighted by Gasteiger charge is 2.11. The lowest BCUT2D eigenvalue weighted by atomic mass is 10.3. The van der Waals surface area contributed by atoms with Crippen LogP contribution >= 0.6 is 15.9 Å². The Kier molecular flexibility index (Phi) is 7.34. The van der Waals surface area contributed by atoms with E-state index in [9.17, 15) is 9.59 Å². The van der Waals surface area contributed by atoms with Crippen molar-refractivity contribution in [1.82, 2.24) is 10.6 Å². The number of nitrogens with one attached hydrogen (secondary N) is 2. The first-order valence-corrected chi connectivity index (χ1v) is 8.53. The molecule has 0 fully saturated rings. The van der Waals surface area contributed by atoms with E-state index in [0.717, 1.165) is 5.75 Å². The Morgan fingerprint density at radius 3 is 2.32 bits per heavy atom. The SMILES string of the molecule is CCOc1ccc(OCCNC(=O)CNC(=O)c2ccc(Br)o2)cc1. The summed E-state index contributed by atoms with van der Waals surface area (Å²) in [6.45, 7) is 3.04. The van der Waals surface area contributed by atoms with Crippen LogP contribution in [0.3, 0.4) is 0 Å². The molecule has 0 bridgehead atoms. The number of hydrogen-bond acceptors (Lipinski definition) is 5. The van der Waals surface area contributed by atoms with E-state index in [1.54, 1.807) is 18.2 Å². The van der Waals surface area contributed by atoms with E-state index in [4.69, 9.17) is 13.9 Å². The van der Waals surface area contributed by atoms with Crippen molar-refractivity contribution >= 4 is 27.7 Å². The van der Waals surface area contributed by atoms with Crippen molar-refractivity contribution in [3.05, 3.63) is 46.8 Å². The normalized spacial score (nSPS) is 10.2. The van der Waals surface area contributed by atoms with E-state index in [0.29, 0.717) is 30.2 Å². The van der Waals surface area contributed by atoms with Crippen LogP contribution in [0.1, 0.15) is 17.5 Å². The lowest BCUT2D eigenvalue weighted by Gasteiger charge is -2.09. The summed E-state index contributed by atoms with van der Waals surface area (Å²) in [5.74, 6) is 0.844. The van der Waals surface area contributed by atoms with Crippen LogP contribution in [0.25, 0.3) is 0 Å². The maximum absolute atomic E-state index is 11.7. The fraction of sp³-hybridized carbons (Fsp3) is 0.294. The maximum atomic E-state index is 11.7. The number of halogens is 1. The number of ether oxygens (including phenoxy) is 2. The lowest BCUT2D eigenvalue weighted by molar-refractivity contribution is -0.120. The van der Waals surface area contributed by atoms with Crippen molar-refractivity contribution in [2.24, 2.45) is 0 Å². The molecular weight excluding hydrogens is 392 g/mol. The van der Waals surface area contributed by atoms with E-state index >= 15 is 0 Å². The molecule has 0 unspecified atom stereocenters. The highest BCUT2D eigenvalue weighted by atomic mass is 79.9. The van der Waals surface area contributed by atoms with E-state index in [1.807, 2.05) is 19.1 Å². The van der Waals surface area contributed by atoms with Crippen LogP contribution in [0.4, 0.5) is 0 Å². The number of benzene rings is 1. The second-order valence-electron chi connectivity index (χ2n) is 4.89. The summed E-state index contributed by atoms with van der Waals surface area (Å²) >= 11 is 3.11. The molecule has 0 aliphatic heterocycles. The average molecular weight is 411 g/mol. The fourth-order valence-electron chi connectivity index (χ4n) is 1.90. The fourth-order valence-corrected chi connectivity index (χ4v) is 2.21. The van der Waals surface area contributed by atoms with Crippen LogP contribution in [0.15, 0.2) is 45.5 Å². The molecule has 0 saturated heterocycles. The second kappa shape index (κ2) is 9.73. The molecule has 0 saturated carbocycles. The predicted molar refractivity (Wildman–Crippen MR) is 94.9 cm³/mol. The number of furan rings is 1. The van der Waals surface area contributed by atoms with Crippen LogP contribution in [0, 0.1) is 0 Å². The summed E-state index contributed by atoms with van der Waals surface area (Å²) in [4.78, 5) is 23.4. The van der Waals surface area contributed by atoms with Gasteiger partial charge in [0, 0.05) is 0 Å². The number of carbonyl (C=O) groups excluding carboxylic acids is 2. The van der Waals surface area contributed by atoms with Gasteiger partial charge >= 0.3 is 0 Å². The molecule has 2 aromatic rings. The lowest BCUT2D eigenvalue weighted by Crippen LogP contribution is -2.38. The zero-order valence-electron chi connectivity index (χ0n) is 13.7. The number of amides is 2. The van der Waals surface area contributed by atoms with Gasteiger partial charge in [-0.3, -0.25) is 9.59 Å². The van der Waals surface area contributed by atoms with E-state index in [2.05, 4.69) is 26.6 Å². The summed E-state index contributed by atoms with van der Waals surface area (Å²) in [7, 11) is 0. The molecule has 0 atom stereocenters. The summed E-state index contributed by atoms with van der Waals surface area (Å²) in [6, 6.07) is 10.4. The Hall–Kier alpha value is -2.48. The molecule has 7 nitrogen and oxygen atoms in total. The third-order valence-electron chi connectivity index (χ3n) is 3.03. The van der Waals surface area contributed by atoms with E-state index in [-0.39, 0.29) is 18.2 Å². The van der Waals surface area contributed by atoms with Crippen LogP contribution in [0.5, 0.6) is 11.5 Å². The minimum absolute atomic E-state index is 0.138. The summed E-state index contributed by atoms with van der Waals surface area (Å²) in [6.07, 6.45) is 0. The van der Waals surface area contributed by atoms with Gasteiger partial charge in [-0.1, -0.05) is 0 Å². The summed E-state index contributed by atoms with van der Waals surface area (Å²) < 4.78 is 16.4. The molecule has 8 heteroatoms. The number of hydrogen-bond donors (Lipinski definition) is 2. The largest absolute Gasteiger partial charge is 0.494 e. The third kappa shape index (κ3) is 6.50. The molecular formula is C17H19BrN2O5. The molecule has 1 aromatic carbocycles. The molecule has 25 heavy (non-hydrogen) atoms. The van der Waals surface area contributed by atoms with Crippen molar-refractivity contribution in [3.63, 3.8) is 0 Å². The predicted octanol–water partition coefficient (Wildman–Crippen LogP) is 2.37. The molecule has 2 N–H and O–H groups in total. The van der Waals surface area contributed by atoms with Gasteiger partial charge in [0.1, 0.15) is 18.1 Å². The zero-order valence-corrected chi connectivity index (χ0v) is 15.3. The molecule has 1 heterocycles. The molecule has 2 amide bonds. The van der Waals surface area contributed by atoms with Gasteiger partial charge in [-0.05, 0) is 59.3 Å². The second-order valence-corrected chi connectivity index (χ2v) is 5.67. The van der Waals surface area contributed by atoms with Gasteiger partial charge in [-0.15, -0.1) is 0 Å². The summed E-state index contributed by atoms with van der Waals surface area (Å²) in [5.41, 5.74) is 0. The Bertz CT molecular complexity index is 699. The number of carbonyl (C=O) groups is 2. The van der Waals surface area contributed by atoms with Gasteiger partial charge in [-0.25, -0.2) is 0 Å². The van der Waals surface area contributed by atoms with Crippen LogP contribution in [-0.4, -0.2) is 38.1 Å². The smallest absolute Gasteiger partial charge is 0.287 e. The van der Waals surface area contributed by atoms with Crippen LogP contribution in [0.2, 0.25) is 0 Å². The summed E-state index contributed by atoms with van der Waals surface area (Å²) in [5, 5.41) is 5.12. The zero-order chi connectivity index (χ0) is 18.1. The standard InChI is InChI=1S/C17H19BrN2O5/c1-2-23-12-3-5-13(6-4-12)24-10-9-19-16(21)11-20-17(22)14-7-8-15(18)25-14/h3-8H,2,9-11H2,1H3,(H,19,21)(H,20,22). The van der Waals surface area contributed by atoms with Gasteiger partial charge in [0.15, 0.2) is 10.4 Å². The molecule has 1 aromatic heterocycles. The first kappa shape index (κ1) is 18.9. The third-order valence-corrected chi connectivity index (χ3v) is 3.46. The molecule has 134 valence electrons. The Labute approximate surface area is 153 Å². The highest BCUT2D eigenvalue weighted by molar-refractivity contribution is 9.10. The van der Waals surface area contributed by atoms with Crippen LogP contribution < -0.4 is 20.1 Å². The van der Waals surface area contributed by atoms with Gasteiger partial charge in [0.05, 0.1) is 19.7 Å². The van der Waals surface area contributed by atoms with E-state index in [1.165, 1.54) is 6.07 Å². The van der Waals surface area contributed by atoms with Gasteiger partial charge in [0.2, 0.25) is 5.91 Å². The van der Waals surface area contributed by atoms with Gasteiger partial charge in [0.25, 0.3) is 5.91 Å². The molecule has 0 radical (unpaired) electrons. The van der Waals surface area contributed by atoms with Crippen molar-refractivity contribution in [2.75, 3.05) is 26.3 Å². The molecule has 0 aliphatic carbocycles. The Morgan fingerprint density at radius 2 is 1.72 bits per heavy atom. The maximum Gasteiger partial charge on any atom is 0.287 e. The molecule has 2 rings (SSSR count). The van der Waals surface area contributed by atoms with Crippen LogP contribution in [-0.2, 0) is 4.79 Å². The topological polar surface area (TPSA) is 89.8 Å². The first-order valence-electron chi connectivity index (χ1n) is 7.74. The first-order chi connectivity index (χ1) is 12.1. The van der Waals surface area contributed by atoms with Gasteiger partial charge < -0.3 is 24.5 Å². The highest BCUT2D eigenvalue weighted by Crippen LogP contribution is 2.17. The average Bonchev–Trinajstić information content (AvgIpc) is 3.05. The quantitative estimate of drug-likeness (QED) is 0.619. The van der Waals surface area contributed by atoms with Crippen molar-refractivity contribution in [1.29, 1.82) is 0 Å². The van der Waals surface area contributed by atoms with Crippen molar-refractivity contribution in [2.45, 2.75) is 6.92 Å². The minimum Gasteiger partial charge on any atom is -0.494 e. The van der Waals surface area contributed by atoms with Crippen molar-refractivity contribution < 1.29 is 23.5 Å².